The predicted octanol–water partition coefficient (Wildman–Crippen LogP) is 7.64. The number of hydrazone groups is 1. The van der Waals surface area contributed by atoms with Crippen molar-refractivity contribution in [1.82, 2.24) is 5.01 Å². The van der Waals surface area contributed by atoms with Crippen molar-refractivity contribution in [3.8, 4) is 5.75 Å². The number of hydrogen-bond donors (Lipinski definition) is 0. The number of benzene rings is 3. The van der Waals surface area contributed by atoms with Crippen LogP contribution in [-0.4, -0.2) is 10.7 Å². The van der Waals surface area contributed by atoms with Gasteiger partial charge in [0.25, 0.3) is 0 Å². The van der Waals surface area contributed by atoms with Crippen LogP contribution in [0.1, 0.15) is 61.7 Å². The summed E-state index contributed by atoms with van der Waals surface area (Å²) in [6.07, 6.45) is 0.558. The van der Waals surface area contributed by atoms with Crippen LogP contribution in [0.4, 0.5) is 0 Å². The monoisotopic (exact) mass is 494 g/mol. The zero-order chi connectivity index (χ0) is 21.8. The van der Waals surface area contributed by atoms with E-state index in [2.05, 4.69) is 72.0 Å². The molecule has 0 N–H and O–H groups in total. The number of nitrogens with zero attached hydrogens (tertiary/aromatic N) is 2. The topological polar surface area (TPSA) is 24.8 Å². The zero-order valence-corrected chi connectivity index (χ0v) is 20.1. The average molecular weight is 496 g/mol. The maximum Gasteiger partial charge on any atom is 0.213 e. The average Bonchev–Trinajstić information content (AvgIpc) is 3.19. The number of rotatable bonds is 2. The van der Waals surface area contributed by atoms with Crippen LogP contribution in [0.5, 0.6) is 5.75 Å². The summed E-state index contributed by atoms with van der Waals surface area (Å²) in [6, 6.07) is 23.0. The number of fused-ring (bicyclic) bond motifs is 3. The first-order chi connectivity index (χ1) is 14.8. The lowest BCUT2D eigenvalue weighted by Gasteiger charge is -2.38. The van der Waals surface area contributed by atoms with E-state index < -0.39 is 0 Å². The minimum atomic E-state index is -0.266. The Morgan fingerprint density at radius 2 is 1.71 bits per heavy atom. The highest BCUT2D eigenvalue weighted by Crippen LogP contribution is 2.48. The lowest BCUT2D eigenvalue weighted by molar-refractivity contribution is -0.0191. The van der Waals surface area contributed by atoms with E-state index in [1.807, 2.05) is 36.4 Å². The van der Waals surface area contributed by atoms with E-state index in [9.17, 15) is 0 Å². The summed E-state index contributed by atoms with van der Waals surface area (Å²) >= 11 is 9.71. The van der Waals surface area contributed by atoms with Crippen LogP contribution in [0.2, 0.25) is 5.02 Å². The van der Waals surface area contributed by atoms with Crippen LogP contribution in [-0.2, 0) is 5.41 Å². The van der Waals surface area contributed by atoms with E-state index in [0.29, 0.717) is 0 Å². The molecule has 0 unspecified atom stereocenters. The normalized spacial score (nSPS) is 20.0. The third-order valence-electron chi connectivity index (χ3n) is 5.99. The van der Waals surface area contributed by atoms with Gasteiger partial charge in [-0.2, -0.15) is 5.10 Å². The molecule has 5 heteroatoms. The third kappa shape index (κ3) is 3.88. The Morgan fingerprint density at radius 3 is 2.39 bits per heavy atom. The fourth-order valence-corrected chi connectivity index (χ4v) is 4.75. The molecular formula is C26H24BrClN2O. The molecule has 0 saturated heterocycles. The molecule has 3 aromatic carbocycles. The largest absolute Gasteiger partial charge is 0.464 e. The summed E-state index contributed by atoms with van der Waals surface area (Å²) in [5.74, 6) is 0.918. The van der Waals surface area contributed by atoms with Gasteiger partial charge in [0.1, 0.15) is 5.75 Å². The molecule has 158 valence electrons. The molecule has 0 spiro atoms. The quantitative estimate of drug-likeness (QED) is 0.365. The van der Waals surface area contributed by atoms with Gasteiger partial charge in [-0.05, 0) is 46.9 Å². The Morgan fingerprint density at radius 1 is 1.00 bits per heavy atom. The highest BCUT2D eigenvalue weighted by Gasteiger charge is 2.41. The minimum absolute atomic E-state index is 0.112. The second kappa shape index (κ2) is 7.68. The molecule has 0 saturated carbocycles. The summed E-state index contributed by atoms with van der Waals surface area (Å²) in [5.41, 5.74) is 5.82. The fourth-order valence-electron chi connectivity index (χ4n) is 4.24. The van der Waals surface area contributed by atoms with Gasteiger partial charge in [-0.25, -0.2) is 5.01 Å². The van der Waals surface area contributed by atoms with Crippen LogP contribution in [0, 0.1) is 0 Å². The molecule has 2 atom stereocenters. The standard InChI is InChI=1S/C26H24BrClN2O/c1-26(2,3)18-8-4-17(5-9-18)25-30-23(21-14-19(27)10-13-24(21)31-25)15-22(29-30)16-6-11-20(28)12-7-16/h4-14,23,25H,15H2,1-3H3/t23-,25+/m0/s1. The van der Waals surface area contributed by atoms with E-state index in [0.717, 1.165) is 44.1 Å². The summed E-state index contributed by atoms with van der Waals surface area (Å²) in [6.45, 7) is 6.69. The molecule has 0 aliphatic carbocycles. The molecule has 2 aliphatic rings. The van der Waals surface area contributed by atoms with Crippen molar-refractivity contribution in [2.75, 3.05) is 0 Å². The Hall–Kier alpha value is -2.30. The summed E-state index contributed by atoms with van der Waals surface area (Å²) in [4.78, 5) is 0. The zero-order valence-electron chi connectivity index (χ0n) is 17.8. The van der Waals surface area contributed by atoms with Gasteiger partial charge in [-0.3, -0.25) is 0 Å². The van der Waals surface area contributed by atoms with E-state index >= 15 is 0 Å². The highest BCUT2D eigenvalue weighted by molar-refractivity contribution is 9.10. The Balaban J connectivity index is 1.56. The van der Waals surface area contributed by atoms with Gasteiger partial charge in [-0.15, -0.1) is 0 Å². The van der Waals surface area contributed by atoms with Gasteiger partial charge < -0.3 is 4.74 Å². The van der Waals surface area contributed by atoms with Crippen molar-refractivity contribution < 1.29 is 4.74 Å². The molecule has 5 rings (SSSR count). The van der Waals surface area contributed by atoms with Gasteiger partial charge >= 0.3 is 0 Å². The number of ether oxygens (including phenoxy) is 1. The Labute approximate surface area is 196 Å². The highest BCUT2D eigenvalue weighted by atomic mass is 79.9. The number of halogens is 2. The van der Waals surface area contributed by atoms with Crippen LogP contribution in [0.15, 0.2) is 76.3 Å². The smallest absolute Gasteiger partial charge is 0.213 e. The molecule has 3 nitrogen and oxygen atoms in total. The Bertz CT molecular complexity index is 1150. The van der Waals surface area contributed by atoms with Gasteiger partial charge in [0.2, 0.25) is 6.23 Å². The molecular weight excluding hydrogens is 472 g/mol. The molecule has 3 aromatic rings. The third-order valence-corrected chi connectivity index (χ3v) is 6.74. The SMILES string of the molecule is CC(C)(C)c1ccc([C@H]2Oc3ccc(Br)cc3[C@@H]3CC(c4ccc(Cl)cc4)=NN23)cc1. The van der Waals surface area contributed by atoms with Crippen LogP contribution >= 0.6 is 27.5 Å². The molecule has 0 radical (unpaired) electrons. The summed E-state index contributed by atoms with van der Waals surface area (Å²) in [5, 5.41) is 7.88. The first-order valence-corrected chi connectivity index (χ1v) is 11.6. The summed E-state index contributed by atoms with van der Waals surface area (Å²) < 4.78 is 7.54. The van der Waals surface area contributed by atoms with Gasteiger partial charge in [0.15, 0.2) is 0 Å². The van der Waals surface area contributed by atoms with E-state index in [1.165, 1.54) is 5.56 Å². The van der Waals surface area contributed by atoms with Crippen molar-refractivity contribution in [2.45, 2.75) is 44.9 Å². The molecule has 2 aliphatic heterocycles. The number of hydrogen-bond acceptors (Lipinski definition) is 3. The fraction of sp³-hybridized carbons (Fsp3) is 0.269. The minimum Gasteiger partial charge on any atom is -0.464 e. The van der Waals surface area contributed by atoms with Crippen LogP contribution < -0.4 is 4.74 Å². The second-order valence-electron chi connectivity index (χ2n) is 9.18. The van der Waals surface area contributed by atoms with Crippen molar-refractivity contribution in [1.29, 1.82) is 0 Å². The summed E-state index contributed by atoms with van der Waals surface area (Å²) in [7, 11) is 0. The van der Waals surface area contributed by atoms with Crippen molar-refractivity contribution >= 4 is 33.2 Å². The maximum absolute atomic E-state index is 6.49. The molecule has 0 aromatic heterocycles. The van der Waals surface area contributed by atoms with Gasteiger partial charge in [-0.1, -0.05) is 84.7 Å². The van der Waals surface area contributed by atoms with E-state index in [1.54, 1.807) is 0 Å². The first kappa shape index (κ1) is 20.6. The van der Waals surface area contributed by atoms with Gasteiger partial charge in [0, 0.05) is 27.0 Å². The maximum atomic E-state index is 6.49. The second-order valence-corrected chi connectivity index (χ2v) is 10.5. The molecule has 31 heavy (non-hydrogen) atoms. The first-order valence-electron chi connectivity index (χ1n) is 10.5. The van der Waals surface area contributed by atoms with Crippen molar-refractivity contribution in [2.24, 2.45) is 5.10 Å². The van der Waals surface area contributed by atoms with Crippen molar-refractivity contribution in [3.05, 3.63) is 98.5 Å². The van der Waals surface area contributed by atoms with Crippen LogP contribution in [0.3, 0.4) is 0 Å². The van der Waals surface area contributed by atoms with Crippen molar-refractivity contribution in [3.63, 3.8) is 0 Å². The van der Waals surface area contributed by atoms with E-state index in [4.69, 9.17) is 21.4 Å². The lowest BCUT2D eigenvalue weighted by Crippen LogP contribution is -2.33. The molecule has 2 heterocycles. The van der Waals surface area contributed by atoms with E-state index in [-0.39, 0.29) is 17.7 Å². The predicted molar refractivity (Wildman–Crippen MR) is 130 cm³/mol. The van der Waals surface area contributed by atoms with Crippen LogP contribution in [0.25, 0.3) is 0 Å². The lowest BCUT2D eigenvalue weighted by atomic mass is 9.86. The van der Waals surface area contributed by atoms with Gasteiger partial charge in [0.05, 0.1) is 11.8 Å². The molecule has 0 bridgehead atoms. The Kier molecular flexibility index (Phi) is 5.10. The molecule has 0 amide bonds. The molecule has 0 fully saturated rings.